The molecule has 0 amide bonds. The van der Waals surface area contributed by atoms with Crippen molar-refractivity contribution in [2.24, 2.45) is 0 Å². The monoisotopic (exact) mass is 241 g/mol. The van der Waals surface area contributed by atoms with Crippen molar-refractivity contribution < 1.29 is 0 Å². The molecule has 1 aromatic carbocycles. The summed E-state index contributed by atoms with van der Waals surface area (Å²) in [5.41, 5.74) is -0.276. The molecule has 0 aliphatic heterocycles. The molecule has 0 saturated heterocycles. The van der Waals surface area contributed by atoms with E-state index in [1.54, 1.807) is 11.8 Å². The number of benzene rings is 1. The van der Waals surface area contributed by atoms with E-state index in [-0.39, 0.29) is 5.69 Å². The molecule has 2 N–H and O–H groups in total. The Morgan fingerprint density at radius 2 is 2.07 bits per heavy atom. The number of aromatic amines is 2. The van der Waals surface area contributed by atoms with Gasteiger partial charge in [0.1, 0.15) is 5.82 Å². The van der Waals surface area contributed by atoms with Gasteiger partial charge < -0.3 is 0 Å². The van der Waals surface area contributed by atoms with Crippen LogP contribution in [-0.2, 0) is 5.75 Å². The summed E-state index contributed by atoms with van der Waals surface area (Å²) in [6, 6.07) is 7.52. The molecule has 78 valence electrons. The van der Waals surface area contributed by atoms with Crippen molar-refractivity contribution in [3.05, 3.63) is 45.6 Å². The fourth-order valence-electron chi connectivity index (χ4n) is 1.06. The molecule has 0 unspecified atom stereocenters. The summed E-state index contributed by atoms with van der Waals surface area (Å²) in [6.07, 6.45) is 0. The van der Waals surface area contributed by atoms with Gasteiger partial charge in [-0.1, -0.05) is 11.6 Å². The van der Waals surface area contributed by atoms with Crippen LogP contribution in [0, 0.1) is 0 Å². The van der Waals surface area contributed by atoms with Crippen molar-refractivity contribution in [2.75, 3.05) is 0 Å². The van der Waals surface area contributed by atoms with Gasteiger partial charge in [0, 0.05) is 9.92 Å². The number of nitrogens with one attached hydrogen (secondary N) is 2. The highest BCUT2D eigenvalue weighted by molar-refractivity contribution is 7.98. The van der Waals surface area contributed by atoms with Gasteiger partial charge in [-0.3, -0.25) is 4.98 Å². The fourth-order valence-corrected chi connectivity index (χ4v) is 1.95. The standard InChI is InChI=1S/C9H8ClN3OS/c10-6-1-3-7(4-2-6)15-5-8-11-9(14)13-12-8/h1-4H,5H2,(H2,11,12,13,14). The van der Waals surface area contributed by atoms with E-state index < -0.39 is 0 Å². The van der Waals surface area contributed by atoms with E-state index in [4.69, 9.17) is 11.6 Å². The topological polar surface area (TPSA) is 61.5 Å². The normalized spacial score (nSPS) is 10.5. The second-order valence-corrected chi connectivity index (χ2v) is 4.35. The minimum absolute atomic E-state index is 0.276. The molecule has 2 rings (SSSR count). The predicted molar refractivity (Wildman–Crippen MR) is 60.2 cm³/mol. The lowest BCUT2D eigenvalue weighted by atomic mass is 10.4. The van der Waals surface area contributed by atoms with E-state index in [2.05, 4.69) is 15.2 Å². The third kappa shape index (κ3) is 2.87. The first kappa shape index (κ1) is 10.3. The summed E-state index contributed by atoms with van der Waals surface area (Å²) >= 11 is 7.34. The second kappa shape index (κ2) is 4.55. The van der Waals surface area contributed by atoms with Crippen molar-refractivity contribution in [3.63, 3.8) is 0 Å². The molecule has 0 aliphatic rings. The van der Waals surface area contributed by atoms with Crippen LogP contribution in [0.15, 0.2) is 34.0 Å². The maximum Gasteiger partial charge on any atom is 0.340 e. The summed E-state index contributed by atoms with van der Waals surface area (Å²) in [6.45, 7) is 0. The van der Waals surface area contributed by atoms with Crippen LogP contribution in [0.1, 0.15) is 5.82 Å². The zero-order valence-corrected chi connectivity index (χ0v) is 9.23. The quantitative estimate of drug-likeness (QED) is 0.809. The van der Waals surface area contributed by atoms with Gasteiger partial charge in [-0.2, -0.15) is 5.10 Å². The Kier molecular flexibility index (Phi) is 3.13. The lowest BCUT2D eigenvalue weighted by molar-refractivity contribution is 1.01. The molecular weight excluding hydrogens is 234 g/mol. The first-order valence-electron chi connectivity index (χ1n) is 4.26. The van der Waals surface area contributed by atoms with Crippen LogP contribution >= 0.6 is 23.4 Å². The van der Waals surface area contributed by atoms with Gasteiger partial charge in [0.25, 0.3) is 0 Å². The van der Waals surface area contributed by atoms with E-state index in [0.29, 0.717) is 16.6 Å². The molecule has 0 radical (unpaired) electrons. The Hall–Kier alpha value is -1.20. The maximum absolute atomic E-state index is 10.7. The number of nitrogens with zero attached hydrogens (tertiary/aromatic N) is 1. The van der Waals surface area contributed by atoms with Crippen LogP contribution in [-0.4, -0.2) is 15.2 Å². The third-order valence-corrected chi connectivity index (χ3v) is 3.01. The Balaban J connectivity index is 1.99. The number of thioether (sulfide) groups is 1. The van der Waals surface area contributed by atoms with E-state index in [1.807, 2.05) is 24.3 Å². The molecule has 0 spiro atoms. The highest BCUT2D eigenvalue weighted by atomic mass is 35.5. The molecule has 0 aliphatic carbocycles. The molecule has 15 heavy (non-hydrogen) atoms. The number of aromatic nitrogens is 3. The van der Waals surface area contributed by atoms with Crippen molar-refractivity contribution in [2.45, 2.75) is 10.6 Å². The van der Waals surface area contributed by atoms with E-state index in [1.165, 1.54) is 0 Å². The van der Waals surface area contributed by atoms with Crippen LogP contribution in [0.25, 0.3) is 0 Å². The predicted octanol–water partition coefficient (Wildman–Crippen LogP) is 2.04. The van der Waals surface area contributed by atoms with E-state index >= 15 is 0 Å². The van der Waals surface area contributed by atoms with Crippen LogP contribution in [0.3, 0.4) is 0 Å². The summed E-state index contributed by atoms with van der Waals surface area (Å²) in [4.78, 5) is 14.4. The number of halogens is 1. The Bertz CT molecular complexity index is 491. The molecule has 0 atom stereocenters. The molecule has 4 nitrogen and oxygen atoms in total. The van der Waals surface area contributed by atoms with Crippen molar-refractivity contribution in [1.29, 1.82) is 0 Å². The number of hydrogen-bond donors (Lipinski definition) is 2. The van der Waals surface area contributed by atoms with E-state index in [0.717, 1.165) is 4.90 Å². The third-order valence-electron chi connectivity index (χ3n) is 1.74. The zero-order valence-electron chi connectivity index (χ0n) is 7.66. The van der Waals surface area contributed by atoms with Gasteiger partial charge in [-0.25, -0.2) is 9.89 Å². The number of hydrogen-bond acceptors (Lipinski definition) is 3. The highest BCUT2D eigenvalue weighted by Gasteiger charge is 1.99. The maximum atomic E-state index is 10.7. The molecule has 0 fully saturated rings. The average molecular weight is 242 g/mol. The smallest absolute Gasteiger partial charge is 0.292 e. The average Bonchev–Trinajstić information content (AvgIpc) is 2.64. The molecular formula is C9H8ClN3OS. The lowest BCUT2D eigenvalue weighted by Crippen LogP contribution is -2.00. The minimum atomic E-state index is -0.276. The van der Waals surface area contributed by atoms with Crippen molar-refractivity contribution in [1.82, 2.24) is 15.2 Å². The van der Waals surface area contributed by atoms with E-state index in [9.17, 15) is 4.79 Å². The molecule has 6 heteroatoms. The Labute approximate surface area is 95.1 Å². The Morgan fingerprint density at radius 1 is 1.33 bits per heavy atom. The van der Waals surface area contributed by atoms with Crippen molar-refractivity contribution >= 4 is 23.4 Å². The summed E-state index contributed by atoms with van der Waals surface area (Å²) < 4.78 is 0. The molecule has 1 heterocycles. The number of rotatable bonds is 3. The highest BCUT2D eigenvalue weighted by Crippen LogP contribution is 2.22. The zero-order chi connectivity index (χ0) is 10.7. The number of H-pyrrole nitrogens is 2. The molecule has 0 bridgehead atoms. The summed E-state index contributed by atoms with van der Waals surface area (Å²) in [5.74, 6) is 1.26. The first-order valence-corrected chi connectivity index (χ1v) is 5.62. The van der Waals surface area contributed by atoms with Gasteiger partial charge in [0.05, 0.1) is 5.75 Å². The lowest BCUT2D eigenvalue weighted by Gasteiger charge is -1.98. The van der Waals surface area contributed by atoms with Gasteiger partial charge in [0.15, 0.2) is 0 Å². The van der Waals surface area contributed by atoms with Gasteiger partial charge in [-0.15, -0.1) is 11.8 Å². The van der Waals surface area contributed by atoms with Crippen LogP contribution in [0.2, 0.25) is 5.02 Å². The summed E-state index contributed by atoms with van der Waals surface area (Å²) in [5, 5.41) is 6.84. The van der Waals surface area contributed by atoms with Crippen molar-refractivity contribution in [3.8, 4) is 0 Å². The van der Waals surface area contributed by atoms with Gasteiger partial charge >= 0.3 is 5.69 Å². The van der Waals surface area contributed by atoms with Gasteiger partial charge in [0.2, 0.25) is 0 Å². The molecule has 0 saturated carbocycles. The minimum Gasteiger partial charge on any atom is -0.292 e. The first-order chi connectivity index (χ1) is 7.24. The largest absolute Gasteiger partial charge is 0.340 e. The van der Waals surface area contributed by atoms with Crippen LogP contribution in [0.4, 0.5) is 0 Å². The fraction of sp³-hybridized carbons (Fsp3) is 0.111. The SMILES string of the molecule is O=c1[nH]nc(CSc2ccc(Cl)cc2)[nH]1. The van der Waals surface area contributed by atoms with Crippen LogP contribution in [0.5, 0.6) is 0 Å². The second-order valence-electron chi connectivity index (χ2n) is 2.87. The van der Waals surface area contributed by atoms with Gasteiger partial charge in [-0.05, 0) is 24.3 Å². The Morgan fingerprint density at radius 3 is 2.67 bits per heavy atom. The molecule has 1 aromatic heterocycles. The molecule has 2 aromatic rings. The summed E-state index contributed by atoms with van der Waals surface area (Å²) in [7, 11) is 0. The van der Waals surface area contributed by atoms with Crippen LogP contribution < -0.4 is 5.69 Å².